The molecule has 4 rings (SSSR count). The molecule has 2 fully saturated rings. The number of hydrogen-bond donors (Lipinski definition) is 2. The number of halogens is 1. The highest BCUT2D eigenvalue weighted by Crippen LogP contribution is 2.32. The van der Waals surface area contributed by atoms with Gasteiger partial charge in [0.15, 0.2) is 5.82 Å². The van der Waals surface area contributed by atoms with E-state index in [2.05, 4.69) is 26.8 Å². The molecular formula is C20H27ClN4O2. The number of carbonyl (C=O) groups excluding carboxylic acids is 1. The molecule has 1 aromatic carbocycles. The van der Waals surface area contributed by atoms with Crippen LogP contribution in [0.25, 0.3) is 0 Å². The first-order valence-corrected chi connectivity index (χ1v) is 9.69. The van der Waals surface area contributed by atoms with Crippen LogP contribution in [0.4, 0.5) is 0 Å². The van der Waals surface area contributed by atoms with Gasteiger partial charge in [0.25, 0.3) is 5.91 Å². The molecule has 146 valence electrons. The van der Waals surface area contributed by atoms with Gasteiger partial charge in [0.05, 0.1) is 6.54 Å². The highest BCUT2D eigenvalue weighted by molar-refractivity contribution is 5.95. The summed E-state index contributed by atoms with van der Waals surface area (Å²) < 4.78 is 5.38. The number of amides is 1. The fourth-order valence-corrected chi connectivity index (χ4v) is 4.05. The SMILES string of the molecule is Cl.O=C(NCc1noc(C2CCCC2)n1)c1ccccc1CC1CCNC1. The van der Waals surface area contributed by atoms with Crippen LogP contribution in [0.2, 0.25) is 0 Å². The number of benzene rings is 1. The van der Waals surface area contributed by atoms with E-state index in [1.807, 2.05) is 18.2 Å². The Labute approximate surface area is 165 Å². The van der Waals surface area contributed by atoms with Gasteiger partial charge in [0, 0.05) is 11.5 Å². The van der Waals surface area contributed by atoms with Gasteiger partial charge < -0.3 is 15.2 Å². The minimum atomic E-state index is -0.0706. The van der Waals surface area contributed by atoms with Crippen LogP contribution in [0.15, 0.2) is 28.8 Å². The van der Waals surface area contributed by atoms with Gasteiger partial charge in [-0.15, -0.1) is 12.4 Å². The molecule has 1 amide bonds. The van der Waals surface area contributed by atoms with Crippen molar-refractivity contribution in [1.29, 1.82) is 0 Å². The Balaban J connectivity index is 0.00000210. The van der Waals surface area contributed by atoms with Crippen LogP contribution in [0.5, 0.6) is 0 Å². The molecule has 7 heteroatoms. The molecule has 0 bridgehead atoms. The summed E-state index contributed by atoms with van der Waals surface area (Å²) in [5, 5.41) is 10.4. The molecule has 2 aliphatic rings. The largest absolute Gasteiger partial charge is 0.345 e. The Hall–Kier alpha value is -1.92. The Morgan fingerprint density at radius 3 is 2.81 bits per heavy atom. The molecule has 1 atom stereocenters. The van der Waals surface area contributed by atoms with E-state index in [1.54, 1.807) is 0 Å². The van der Waals surface area contributed by atoms with E-state index >= 15 is 0 Å². The molecule has 1 saturated carbocycles. The Bertz CT molecular complexity index is 752. The van der Waals surface area contributed by atoms with Crippen LogP contribution in [0.1, 0.15) is 65.7 Å². The van der Waals surface area contributed by atoms with Crippen LogP contribution >= 0.6 is 12.4 Å². The molecule has 2 aromatic rings. The van der Waals surface area contributed by atoms with Gasteiger partial charge in [-0.3, -0.25) is 4.79 Å². The molecule has 2 N–H and O–H groups in total. The van der Waals surface area contributed by atoms with Crippen molar-refractivity contribution in [3.05, 3.63) is 47.1 Å². The molecule has 27 heavy (non-hydrogen) atoms. The van der Waals surface area contributed by atoms with Gasteiger partial charge >= 0.3 is 0 Å². The molecular weight excluding hydrogens is 364 g/mol. The molecule has 2 heterocycles. The van der Waals surface area contributed by atoms with Crippen molar-refractivity contribution in [3.63, 3.8) is 0 Å². The van der Waals surface area contributed by atoms with Gasteiger partial charge in [0.2, 0.25) is 5.89 Å². The normalized spacial score (nSPS) is 19.8. The average Bonchev–Trinajstić information content (AvgIpc) is 3.41. The van der Waals surface area contributed by atoms with E-state index in [1.165, 1.54) is 19.3 Å². The Morgan fingerprint density at radius 1 is 1.22 bits per heavy atom. The minimum Gasteiger partial charge on any atom is -0.345 e. The van der Waals surface area contributed by atoms with Crippen LogP contribution in [-0.2, 0) is 13.0 Å². The van der Waals surface area contributed by atoms with Crippen LogP contribution in [0.3, 0.4) is 0 Å². The lowest BCUT2D eigenvalue weighted by molar-refractivity contribution is 0.0948. The molecule has 1 aliphatic carbocycles. The third-order valence-corrected chi connectivity index (χ3v) is 5.53. The van der Waals surface area contributed by atoms with Crippen molar-refractivity contribution in [2.45, 2.75) is 51.0 Å². The smallest absolute Gasteiger partial charge is 0.251 e. The van der Waals surface area contributed by atoms with E-state index in [0.717, 1.165) is 49.4 Å². The third kappa shape index (κ3) is 4.87. The summed E-state index contributed by atoms with van der Waals surface area (Å²) in [6.45, 7) is 2.40. The zero-order valence-electron chi connectivity index (χ0n) is 15.4. The second kappa shape index (κ2) is 9.33. The van der Waals surface area contributed by atoms with Crippen molar-refractivity contribution in [2.24, 2.45) is 5.92 Å². The molecule has 6 nitrogen and oxygen atoms in total. The molecule has 1 aliphatic heterocycles. The highest BCUT2D eigenvalue weighted by atomic mass is 35.5. The Morgan fingerprint density at radius 2 is 2.04 bits per heavy atom. The fraction of sp³-hybridized carbons (Fsp3) is 0.550. The summed E-state index contributed by atoms with van der Waals surface area (Å²) in [5.74, 6) is 2.21. The lowest BCUT2D eigenvalue weighted by atomic mass is 9.94. The third-order valence-electron chi connectivity index (χ3n) is 5.53. The summed E-state index contributed by atoms with van der Waals surface area (Å²) in [6.07, 6.45) is 6.81. The number of nitrogens with one attached hydrogen (secondary N) is 2. The first-order valence-electron chi connectivity index (χ1n) is 9.69. The summed E-state index contributed by atoms with van der Waals surface area (Å²) in [6, 6.07) is 7.87. The van der Waals surface area contributed by atoms with Crippen molar-refractivity contribution in [2.75, 3.05) is 13.1 Å². The Kier molecular flexibility index (Phi) is 6.85. The average molecular weight is 391 g/mol. The lowest BCUT2D eigenvalue weighted by Crippen LogP contribution is -2.25. The monoisotopic (exact) mass is 390 g/mol. The fourth-order valence-electron chi connectivity index (χ4n) is 4.05. The standard InChI is InChI=1S/C20H26N4O2.ClH/c25-19(17-8-4-3-7-16(17)11-14-9-10-21-12-14)22-13-18-23-20(26-24-18)15-5-1-2-6-15;/h3-4,7-8,14-15,21H,1-2,5-6,9-13H2,(H,22,25);1H. The van der Waals surface area contributed by atoms with E-state index in [9.17, 15) is 4.79 Å². The van der Waals surface area contributed by atoms with Crippen molar-refractivity contribution in [1.82, 2.24) is 20.8 Å². The van der Waals surface area contributed by atoms with Gasteiger partial charge in [-0.2, -0.15) is 4.98 Å². The van der Waals surface area contributed by atoms with Crippen molar-refractivity contribution in [3.8, 4) is 0 Å². The number of nitrogens with zero attached hydrogens (tertiary/aromatic N) is 2. The van der Waals surface area contributed by atoms with Gasteiger partial charge in [-0.05, 0) is 56.3 Å². The zero-order chi connectivity index (χ0) is 17.8. The minimum absolute atomic E-state index is 0. The topological polar surface area (TPSA) is 80.1 Å². The van der Waals surface area contributed by atoms with Gasteiger partial charge in [-0.1, -0.05) is 36.2 Å². The van der Waals surface area contributed by atoms with E-state index in [0.29, 0.717) is 24.2 Å². The van der Waals surface area contributed by atoms with Crippen LogP contribution in [0, 0.1) is 5.92 Å². The summed E-state index contributed by atoms with van der Waals surface area (Å²) >= 11 is 0. The van der Waals surface area contributed by atoms with E-state index in [4.69, 9.17) is 4.52 Å². The molecule has 1 unspecified atom stereocenters. The molecule has 1 saturated heterocycles. The van der Waals surface area contributed by atoms with E-state index in [-0.39, 0.29) is 18.3 Å². The summed E-state index contributed by atoms with van der Waals surface area (Å²) in [7, 11) is 0. The zero-order valence-corrected chi connectivity index (χ0v) is 16.3. The number of rotatable bonds is 6. The maximum atomic E-state index is 12.7. The predicted octanol–water partition coefficient (Wildman–Crippen LogP) is 3.23. The lowest BCUT2D eigenvalue weighted by Gasteiger charge is -2.12. The second-order valence-corrected chi connectivity index (χ2v) is 7.43. The molecule has 0 radical (unpaired) electrons. The quantitative estimate of drug-likeness (QED) is 0.791. The maximum absolute atomic E-state index is 12.7. The summed E-state index contributed by atoms with van der Waals surface area (Å²) in [5.41, 5.74) is 1.86. The first kappa shape index (κ1) is 19.8. The van der Waals surface area contributed by atoms with Gasteiger partial charge in [-0.25, -0.2) is 0 Å². The first-order chi connectivity index (χ1) is 12.8. The summed E-state index contributed by atoms with van der Waals surface area (Å²) in [4.78, 5) is 17.1. The predicted molar refractivity (Wildman–Crippen MR) is 105 cm³/mol. The van der Waals surface area contributed by atoms with Crippen molar-refractivity contribution >= 4 is 18.3 Å². The maximum Gasteiger partial charge on any atom is 0.251 e. The van der Waals surface area contributed by atoms with Crippen LogP contribution in [-0.4, -0.2) is 29.1 Å². The van der Waals surface area contributed by atoms with Crippen molar-refractivity contribution < 1.29 is 9.32 Å². The van der Waals surface area contributed by atoms with Crippen LogP contribution < -0.4 is 10.6 Å². The highest BCUT2D eigenvalue weighted by Gasteiger charge is 2.23. The van der Waals surface area contributed by atoms with E-state index < -0.39 is 0 Å². The molecule has 1 aromatic heterocycles. The number of aromatic nitrogens is 2. The number of carbonyl (C=O) groups is 1. The molecule has 0 spiro atoms. The number of hydrogen-bond acceptors (Lipinski definition) is 5. The second-order valence-electron chi connectivity index (χ2n) is 7.43. The van der Waals surface area contributed by atoms with Gasteiger partial charge in [0.1, 0.15) is 0 Å².